The molecular weight excluding hydrogens is 445 g/mol. The minimum atomic E-state index is -4.22. The van der Waals surface area contributed by atoms with E-state index >= 15 is 4.39 Å². The fraction of sp³-hybridized carbons (Fsp3) is 0.458. The molecule has 2 aliphatic rings. The van der Waals surface area contributed by atoms with Gasteiger partial charge in [-0.15, -0.1) is 0 Å². The Labute approximate surface area is 194 Å². The highest BCUT2D eigenvalue weighted by Gasteiger charge is 2.39. The molecule has 0 saturated carbocycles. The van der Waals surface area contributed by atoms with Crippen molar-refractivity contribution in [2.75, 3.05) is 23.9 Å². The number of carbonyl (C=O) groups excluding carboxylic acids is 1. The van der Waals surface area contributed by atoms with Gasteiger partial charge in [0.15, 0.2) is 5.82 Å². The molecule has 1 saturated heterocycles. The quantitative estimate of drug-likeness (QED) is 0.670. The van der Waals surface area contributed by atoms with Gasteiger partial charge in [0.2, 0.25) is 0 Å². The molecule has 2 aliphatic heterocycles. The lowest BCUT2D eigenvalue weighted by Gasteiger charge is -2.32. The minimum absolute atomic E-state index is 0.320. The van der Waals surface area contributed by atoms with Crippen molar-refractivity contribution in [1.29, 1.82) is 0 Å². The Balaban J connectivity index is 1.49. The predicted octanol–water partition coefficient (Wildman–Crippen LogP) is 3.07. The van der Waals surface area contributed by atoms with Crippen molar-refractivity contribution in [3.8, 4) is 5.75 Å². The molecule has 2 aromatic carbocycles. The average molecular weight is 476 g/mol. The zero-order valence-corrected chi connectivity index (χ0v) is 20.0. The summed E-state index contributed by atoms with van der Waals surface area (Å²) in [4.78, 5) is 13.7. The molecule has 1 unspecified atom stereocenters. The van der Waals surface area contributed by atoms with Crippen LogP contribution in [0.1, 0.15) is 48.9 Å². The standard InChI is InChI=1S/C24H30FN3O4S/c1-15(2)18-6-4-17(5-7-18)10-16(3)12-27-9-8-19-11-21(29)24(23(25)20(19)13-27)28-14-22(30)26-33(28,31)32/h4-7,11,15-16,29H,8-10,12-14H2,1-3H3,(H,26,30). The number of nitrogens with zero attached hydrogens (tertiary/aromatic N) is 2. The number of amides is 1. The highest BCUT2D eigenvalue weighted by atomic mass is 32.2. The second-order valence-corrected chi connectivity index (χ2v) is 11.0. The maximum Gasteiger partial charge on any atom is 0.326 e. The third-order valence-electron chi connectivity index (χ3n) is 6.36. The molecule has 4 rings (SSSR count). The first-order valence-corrected chi connectivity index (χ1v) is 12.7. The van der Waals surface area contributed by atoms with Gasteiger partial charge in [-0.2, -0.15) is 8.42 Å². The van der Waals surface area contributed by atoms with Crippen molar-refractivity contribution in [1.82, 2.24) is 9.62 Å². The largest absolute Gasteiger partial charge is 0.506 e. The van der Waals surface area contributed by atoms with Crippen molar-refractivity contribution in [2.45, 2.75) is 46.1 Å². The van der Waals surface area contributed by atoms with Crippen molar-refractivity contribution in [3.05, 3.63) is 58.4 Å². The van der Waals surface area contributed by atoms with E-state index in [1.165, 1.54) is 17.2 Å². The number of rotatable bonds is 6. The van der Waals surface area contributed by atoms with Crippen LogP contribution >= 0.6 is 0 Å². The zero-order valence-electron chi connectivity index (χ0n) is 19.1. The Bertz CT molecular complexity index is 1170. The van der Waals surface area contributed by atoms with Crippen LogP contribution in [0.5, 0.6) is 5.75 Å². The fourth-order valence-corrected chi connectivity index (χ4v) is 5.84. The van der Waals surface area contributed by atoms with E-state index < -0.39 is 39.9 Å². The summed E-state index contributed by atoms with van der Waals surface area (Å²) in [5.74, 6) is -1.18. The molecule has 0 aromatic heterocycles. The second-order valence-electron chi connectivity index (χ2n) is 9.42. The van der Waals surface area contributed by atoms with Gasteiger partial charge in [-0.25, -0.2) is 13.4 Å². The minimum Gasteiger partial charge on any atom is -0.506 e. The van der Waals surface area contributed by atoms with Crippen LogP contribution in [-0.4, -0.2) is 44.0 Å². The number of aromatic hydroxyl groups is 1. The molecule has 0 radical (unpaired) electrons. The molecule has 1 amide bonds. The normalized spacial score (nSPS) is 18.9. The summed E-state index contributed by atoms with van der Waals surface area (Å²) in [7, 11) is -4.22. The molecule has 2 heterocycles. The first kappa shape index (κ1) is 23.5. The van der Waals surface area contributed by atoms with Crippen LogP contribution < -0.4 is 9.03 Å². The van der Waals surface area contributed by atoms with Crippen molar-refractivity contribution in [3.63, 3.8) is 0 Å². The van der Waals surface area contributed by atoms with Gasteiger partial charge in [-0.1, -0.05) is 45.0 Å². The lowest BCUT2D eigenvalue weighted by Crippen LogP contribution is -2.36. The fourth-order valence-electron chi connectivity index (χ4n) is 4.68. The Morgan fingerprint density at radius 1 is 1.15 bits per heavy atom. The zero-order chi connectivity index (χ0) is 23.9. The first-order chi connectivity index (χ1) is 15.5. The van der Waals surface area contributed by atoms with E-state index in [-0.39, 0.29) is 0 Å². The summed E-state index contributed by atoms with van der Waals surface area (Å²) >= 11 is 0. The van der Waals surface area contributed by atoms with Gasteiger partial charge >= 0.3 is 10.2 Å². The number of anilines is 1. The summed E-state index contributed by atoms with van der Waals surface area (Å²) in [6.45, 7) is 7.76. The van der Waals surface area contributed by atoms with Gasteiger partial charge in [-0.05, 0) is 47.4 Å². The van der Waals surface area contributed by atoms with E-state index in [0.717, 1.165) is 19.5 Å². The summed E-state index contributed by atoms with van der Waals surface area (Å²) < 4.78 is 42.3. The van der Waals surface area contributed by atoms with Crippen LogP contribution in [0, 0.1) is 11.7 Å². The van der Waals surface area contributed by atoms with Gasteiger partial charge in [0.1, 0.15) is 18.0 Å². The van der Waals surface area contributed by atoms with Gasteiger partial charge in [-0.3, -0.25) is 9.69 Å². The second kappa shape index (κ2) is 8.95. The molecule has 1 atom stereocenters. The van der Waals surface area contributed by atoms with Crippen LogP contribution in [0.3, 0.4) is 0 Å². The highest BCUT2D eigenvalue weighted by molar-refractivity contribution is 7.92. The molecular formula is C24H30FN3O4S. The van der Waals surface area contributed by atoms with Crippen molar-refractivity contribution >= 4 is 21.8 Å². The molecule has 0 bridgehead atoms. The molecule has 1 fully saturated rings. The number of phenols is 1. The van der Waals surface area contributed by atoms with Crippen LogP contribution in [0.15, 0.2) is 30.3 Å². The van der Waals surface area contributed by atoms with Crippen LogP contribution in [0.2, 0.25) is 0 Å². The SMILES string of the molecule is CC(Cc1ccc(C(C)C)cc1)CN1CCc2cc(O)c(N3CC(=O)NS3(=O)=O)c(F)c2C1. The van der Waals surface area contributed by atoms with Gasteiger partial charge in [0.05, 0.1) is 0 Å². The monoisotopic (exact) mass is 475 g/mol. The van der Waals surface area contributed by atoms with E-state index in [1.807, 2.05) is 4.72 Å². The molecule has 2 aromatic rings. The number of hydrogen-bond acceptors (Lipinski definition) is 5. The lowest BCUT2D eigenvalue weighted by atomic mass is 9.94. The molecule has 33 heavy (non-hydrogen) atoms. The molecule has 2 N–H and O–H groups in total. The maximum atomic E-state index is 15.5. The Morgan fingerprint density at radius 3 is 2.45 bits per heavy atom. The van der Waals surface area contributed by atoms with E-state index in [1.54, 1.807) is 0 Å². The van der Waals surface area contributed by atoms with Gasteiger partial charge in [0, 0.05) is 25.2 Å². The topological polar surface area (TPSA) is 89.9 Å². The van der Waals surface area contributed by atoms with Crippen LogP contribution in [-0.2, 0) is 34.4 Å². The smallest absolute Gasteiger partial charge is 0.326 e. The molecule has 0 aliphatic carbocycles. The van der Waals surface area contributed by atoms with Gasteiger partial charge < -0.3 is 5.11 Å². The highest BCUT2D eigenvalue weighted by Crippen LogP contribution is 2.39. The number of halogens is 1. The van der Waals surface area contributed by atoms with Crippen molar-refractivity contribution in [2.24, 2.45) is 5.92 Å². The third kappa shape index (κ3) is 4.84. The van der Waals surface area contributed by atoms with E-state index in [9.17, 15) is 18.3 Å². The maximum absolute atomic E-state index is 15.5. The van der Waals surface area contributed by atoms with Crippen LogP contribution in [0.25, 0.3) is 0 Å². The molecule has 178 valence electrons. The average Bonchev–Trinajstić information content (AvgIpc) is 3.00. The van der Waals surface area contributed by atoms with E-state index in [4.69, 9.17) is 0 Å². The third-order valence-corrected chi connectivity index (χ3v) is 7.74. The van der Waals surface area contributed by atoms with Crippen molar-refractivity contribution < 1.29 is 22.7 Å². The Hall–Kier alpha value is -2.65. The Kier molecular flexibility index (Phi) is 6.37. The summed E-state index contributed by atoms with van der Waals surface area (Å²) in [5.41, 5.74) is 3.15. The van der Waals surface area contributed by atoms with E-state index in [0.29, 0.717) is 40.2 Å². The summed E-state index contributed by atoms with van der Waals surface area (Å²) in [6.07, 6.45) is 1.46. The number of nitrogens with one attached hydrogen (secondary N) is 1. The number of fused-ring (bicyclic) bond motifs is 1. The number of benzene rings is 2. The van der Waals surface area contributed by atoms with E-state index in [2.05, 4.69) is 49.9 Å². The van der Waals surface area contributed by atoms with Gasteiger partial charge in [0.25, 0.3) is 5.91 Å². The summed E-state index contributed by atoms with van der Waals surface area (Å²) in [5, 5.41) is 10.4. The first-order valence-electron chi connectivity index (χ1n) is 11.2. The van der Waals surface area contributed by atoms with Crippen LogP contribution in [0.4, 0.5) is 10.1 Å². The molecule has 7 nitrogen and oxygen atoms in total. The number of carbonyl (C=O) groups is 1. The molecule has 0 spiro atoms. The number of phenolic OH excluding ortho intramolecular Hbond substituents is 1. The molecule has 9 heteroatoms. The number of hydrogen-bond donors (Lipinski definition) is 2. The lowest BCUT2D eigenvalue weighted by molar-refractivity contribution is -0.117. The Morgan fingerprint density at radius 2 is 1.85 bits per heavy atom. The summed E-state index contributed by atoms with van der Waals surface area (Å²) in [6, 6.07) is 10.1. The predicted molar refractivity (Wildman–Crippen MR) is 125 cm³/mol.